The fourth-order valence-electron chi connectivity index (χ4n) is 3.12. The minimum atomic E-state index is -0.452. The van der Waals surface area contributed by atoms with Gasteiger partial charge in [0, 0.05) is 5.02 Å². The minimum absolute atomic E-state index is 0.0707. The summed E-state index contributed by atoms with van der Waals surface area (Å²) in [6.45, 7) is 2.28. The Balaban J connectivity index is 1.74. The van der Waals surface area contributed by atoms with Gasteiger partial charge in [-0.2, -0.15) is 0 Å². The molecule has 5 nitrogen and oxygen atoms in total. The summed E-state index contributed by atoms with van der Waals surface area (Å²) in [7, 11) is 1.34. The zero-order chi connectivity index (χ0) is 19.4. The lowest BCUT2D eigenvalue weighted by Crippen LogP contribution is -2.40. The maximum atomic E-state index is 12.8. The predicted molar refractivity (Wildman–Crippen MR) is 103 cm³/mol. The van der Waals surface area contributed by atoms with E-state index < -0.39 is 6.04 Å². The Labute approximate surface area is 163 Å². The lowest BCUT2D eigenvalue weighted by atomic mass is 9.94. The second kappa shape index (κ2) is 8.44. The summed E-state index contributed by atoms with van der Waals surface area (Å²) in [5, 5.41) is 3.59. The van der Waals surface area contributed by atoms with Crippen LogP contribution in [0.4, 0.5) is 0 Å². The monoisotopic (exact) mass is 387 g/mol. The standard InChI is InChI=1S/C21H22ClNO4/c1-13-3-5-14(6-4-13)18(11-20(24)26-2)23-21(25)16-9-15-10-17(22)7-8-19(15)27-12-16/h3-8,10,16,18H,9,11-12H2,1-2H3,(H,23,25). The molecule has 0 radical (unpaired) electrons. The maximum Gasteiger partial charge on any atom is 0.307 e. The van der Waals surface area contributed by atoms with Crippen LogP contribution in [0.3, 0.4) is 0 Å². The van der Waals surface area contributed by atoms with E-state index >= 15 is 0 Å². The van der Waals surface area contributed by atoms with Crippen LogP contribution in [-0.4, -0.2) is 25.6 Å². The van der Waals surface area contributed by atoms with Crippen molar-refractivity contribution < 1.29 is 19.1 Å². The fraction of sp³-hybridized carbons (Fsp3) is 0.333. The molecule has 142 valence electrons. The number of methoxy groups -OCH3 is 1. The Hall–Kier alpha value is -2.53. The molecule has 1 amide bonds. The van der Waals surface area contributed by atoms with E-state index in [4.69, 9.17) is 21.1 Å². The van der Waals surface area contributed by atoms with Crippen molar-refractivity contribution in [2.24, 2.45) is 5.92 Å². The number of fused-ring (bicyclic) bond motifs is 1. The Bertz CT molecular complexity index is 835. The van der Waals surface area contributed by atoms with Crippen LogP contribution < -0.4 is 10.1 Å². The van der Waals surface area contributed by atoms with Gasteiger partial charge in [0.1, 0.15) is 12.4 Å². The van der Waals surface area contributed by atoms with Gasteiger partial charge in [0.25, 0.3) is 0 Å². The third-order valence-electron chi connectivity index (χ3n) is 4.69. The quantitative estimate of drug-likeness (QED) is 0.796. The number of aryl methyl sites for hydroxylation is 1. The number of hydrogen-bond donors (Lipinski definition) is 1. The van der Waals surface area contributed by atoms with Crippen LogP contribution in [0.2, 0.25) is 5.02 Å². The molecule has 2 aromatic rings. The van der Waals surface area contributed by atoms with Crippen LogP contribution in [0.15, 0.2) is 42.5 Å². The van der Waals surface area contributed by atoms with E-state index in [2.05, 4.69) is 5.32 Å². The van der Waals surface area contributed by atoms with Gasteiger partial charge in [-0.3, -0.25) is 9.59 Å². The molecule has 0 fully saturated rings. The van der Waals surface area contributed by atoms with Gasteiger partial charge in [-0.1, -0.05) is 41.4 Å². The molecule has 1 heterocycles. The lowest BCUT2D eigenvalue weighted by molar-refractivity contribution is -0.141. The van der Waals surface area contributed by atoms with Gasteiger partial charge in [-0.05, 0) is 42.7 Å². The molecular weight excluding hydrogens is 366 g/mol. The van der Waals surface area contributed by atoms with Crippen molar-refractivity contribution in [2.45, 2.75) is 25.8 Å². The third kappa shape index (κ3) is 4.80. The zero-order valence-electron chi connectivity index (χ0n) is 15.3. The van der Waals surface area contributed by atoms with Gasteiger partial charge in [0.15, 0.2) is 0 Å². The summed E-state index contributed by atoms with van der Waals surface area (Å²) in [4.78, 5) is 24.6. The Morgan fingerprint density at radius 3 is 2.70 bits per heavy atom. The number of hydrogen-bond acceptors (Lipinski definition) is 4. The molecule has 1 aliphatic heterocycles. The number of esters is 1. The highest BCUT2D eigenvalue weighted by Crippen LogP contribution is 2.30. The minimum Gasteiger partial charge on any atom is -0.492 e. The smallest absolute Gasteiger partial charge is 0.307 e. The predicted octanol–water partition coefficient (Wildman–Crippen LogP) is 3.62. The molecule has 0 saturated carbocycles. The van der Waals surface area contributed by atoms with Crippen LogP contribution in [0.1, 0.15) is 29.2 Å². The summed E-state index contributed by atoms with van der Waals surface area (Å²) in [5.41, 5.74) is 2.88. The molecule has 0 aliphatic carbocycles. The first-order valence-electron chi connectivity index (χ1n) is 8.81. The molecule has 0 spiro atoms. The first kappa shape index (κ1) is 19.2. The van der Waals surface area contributed by atoms with Crippen molar-refractivity contribution >= 4 is 23.5 Å². The van der Waals surface area contributed by atoms with Gasteiger partial charge >= 0.3 is 5.97 Å². The van der Waals surface area contributed by atoms with E-state index in [-0.39, 0.29) is 24.2 Å². The van der Waals surface area contributed by atoms with E-state index in [0.29, 0.717) is 18.1 Å². The SMILES string of the molecule is COC(=O)CC(NC(=O)C1COc2ccc(Cl)cc2C1)c1ccc(C)cc1. The summed E-state index contributed by atoms with van der Waals surface area (Å²) in [6.07, 6.45) is 0.613. The number of benzene rings is 2. The van der Waals surface area contributed by atoms with Gasteiger partial charge in [0.2, 0.25) is 5.91 Å². The normalized spacial score (nSPS) is 16.6. The van der Waals surface area contributed by atoms with Crippen LogP contribution in [0.5, 0.6) is 5.75 Å². The summed E-state index contributed by atoms with van der Waals surface area (Å²) >= 11 is 6.05. The van der Waals surface area contributed by atoms with E-state index in [9.17, 15) is 9.59 Å². The van der Waals surface area contributed by atoms with Crippen molar-refractivity contribution in [3.63, 3.8) is 0 Å². The second-order valence-electron chi connectivity index (χ2n) is 6.72. The topological polar surface area (TPSA) is 64.6 Å². The van der Waals surface area contributed by atoms with Crippen molar-refractivity contribution in [2.75, 3.05) is 13.7 Å². The fourth-order valence-corrected chi connectivity index (χ4v) is 3.32. The number of ether oxygens (including phenoxy) is 2. The van der Waals surface area contributed by atoms with Crippen molar-refractivity contribution in [3.8, 4) is 5.75 Å². The van der Waals surface area contributed by atoms with Crippen LogP contribution in [0.25, 0.3) is 0 Å². The molecule has 2 aromatic carbocycles. The summed E-state index contributed by atoms with van der Waals surface area (Å²) < 4.78 is 10.5. The maximum absolute atomic E-state index is 12.8. The van der Waals surface area contributed by atoms with Crippen molar-refractivity contribution in [1.82, 2.24) is 5.32 Å². The first-order valence-corrected chi connectivity index (χ1v) is 9.19. The average molecular weight is 388 g/mol. The van der Waals surface area contributed by atoms with Gasteiger partial charge < -0.3 is 14.8 Å². The zero-order valence-corrected chi connectivity index (χ0v) is 16.1. The molecule has 3 rings (SSSR count). The third-order valence-corrected chi connectivity index (χ3v) is 4.93. The average Bonchev–Trinajstić information content (AvgIpc) is 2.67. The Morgan fingerprint density at radius 1 is 1.26 bits per heavy atom. The summed E-state index contributed by atoms with van der Waals surface area (Å²) in [6, 6.07) is 12.7. The molecule has 0 bridgehead atoms. The highest BCUT2D eigenvalue weighted by atomic mass is 35.5. The Kier molecular flexibility index (Phi) is 6.01. The molecule has 2 unspecified atom stereocenters. The molecule has 2 atom stereocenters. The van der Waals surface area contributed by atoms with Crippen LogP contribution in [0, 0.1) is 12.8 Å². The van der Waals surface area contributed by atoms with Crippen molar-refractivity contribution in [1.29, 1.82) is 0 Å². The summed E-state index contributed by atoms with van der Waals surface area (Å²) in [5.74, 6) is -0.123. The number of carbonyl (C=O) groups excluding carboxylic acids is 2. The van der Waals surface area contributed by atoms with E-state index in [0.717, 1.165) is 22.4 Å². The van der Waals surface area contributed by atoms with Gasteiger partial charge in [0.05, 0.1) is 25.5 Å². The van der Waals surface area contributed by atoms with E-state index in [1.165, 1.54) is 7.11 Å². The van der Waals surface area contributed by atoms with E-state index in [1.807, 2.05) is 43.3 Å². The largest absolute Gasteiger partial charge is 0.492 e. The number of nitrogens with one attached hydrogen (secondary N) is 1. The van der Waals surface area contributed by atoms with Crippen molar-refractivity contribution in [3.05, 3.63) is 64.2 Å². The molecule has 1 N–H and O–H groups in total. The molecular formula is C21H22ClNO4. The lowest BCUT2D eigenvalue weighted by Gasteiger charge is -2.27. The molecule has 27 heavy (non-hydrogen) atoms. The number of halogens is 1. The molecule has 0 aromatic heterocycles. The van der Waals surface area contributed by atoms with Gasteiger partial charge in [-0.25, -0.2) is 0 Å². The number of carbonyl (C=O) groups is 2. The number of amides is 1. The highest BCUT2D eigenvalue weighted by Gasteiger charge is 2.29. The molecule has 0 saturated heterocycles. The van der Waals surface area contributed by atoms with Crippen LogP contribution >= 0.6 is 11.6 Å². The Morgan fingerprint density at radius 2 is 2.00 bits per heavy atom. The number of rotatable bonds is 5. The molecule has 6 heteroatoms. The molecule has 1 aliphatic rings. The van der Waals surface area contributed by atoms with Crippen LogP contribution in [-0.2, 0) is 20.7 Å². The van der Waals surface area contributed by atoms with E-state index in [1.54, 1.807) is 6.07 Å². The highest BCUT2D eigenvalue weighted by molar-refractivity contribution is 6.30. The second-order valence-corrected chi connectivity index (χ2v) is 7.15. The first-order chi connectivity index (χ1) is 13.0. The van der Waals surface area contributed by atoms with Gasteiger partial charge in [-0.15, -0.1) is 0 Å².